The van der Waals surface area contributed by atoms with Crippen LogP contribution < -0.4 is 10.6 Å². The van der Waals surface area contributed by atoms with Gasteiger partial charge in [0, 0.05) is 30.3 Å². The number of nitrogens with one attached hydrogen (secondary N) is 2. The van der Waals surface area contributed by atoms with Crippen molar-refractivity contribution >= 4 is 29.2 Å². The van der Waals surface area contributed by atoms with Crippen molar-refractivity contribution in [2.75, 3.05) is 25.0 Å². The fraction of sp³-hybridized carbons (Fsp3) is 0.467. The molecule has 1 saturated heterocycles. The number of anilines is 1. The van der Waals surface area contributed by atoms with Crippen LogP contribution in [-0.2, 0) is 4.79 Å². The summed E-state index contributed by atoms with van der Waals surface area (Å²) >= 11 is 5.96. The Balaban J connectivity index is 1.92. The standard InChI is InChI=1S/C15H20ClN3O2/c1-3-17-14(20)11-6-7-19(9-11)15(21)18-12-4-5-13(16)10(2)8-12/h4-5,8,11H,3,6-7,9H2,1-2H3,(H,17,20)(H,18,21). The molecule has 0 spiro atoms. The predicted octanol–water partition coefficient (Wildman–Crippen LogP) is 2.64. The Morgan fingerprint density at radius 1 is 1.43 bits per heavy atom. The van der Waals surface area contributed by atoms with Gasteiger partial charge in [0.1, 0.15) is 0 Å². The summed E-state index contributed by atoms with van der Waals surface area (Å²) in [4.78, 5) is 25.6. The molecule has 6 heteroatoms. The number of likely N-dealkylation sites (tertiary alicyclic amines) is 1. The number of hydrogen-bond acceptors (Lipinski definition) is 2. The molecule has 21 heavy (non-hydrogen) atoms. The number of carbonyl (C=O) groups is 2. The molecule has 1 aromatic rings. The van der Waals surface area contributed by atoms with Crippen LogP contribution in [0.3, 0.4) is 0 Å². The molecule has 1 aliphatic heterocycles. The van der Waals surface area contributed by atoms with Gasteiger partial charge in [-0.25, -0.2) is 4.79 Å². The third-order valence-corrected chi connectivity index (χ3v) is 4.03. The molecule has 0 saturated carbocycles. The normalized spacial score (nSPS) is 17.7. The van der Waals surface area contributed by atoms with Gasteiger partial charge in [0.05, 0.1) is 5.92 Å². The number of aryl methyl sites for hydroxylation is 1. The van der Waals surface area contributed by atoms with E-state index in [9.17, 15) is 9.59 Å². The van der Waals surface area contributed by atoms with E-state index in [1.165, 1.54) is 0 Å². The second kappa shape index (κ2) is 6.80. The van der Waals surface area contributed by atoms with Gasteiger partial charge >= 0.3 is 6.03 Å². The first-order chi connectivity index (χ1) is 10.0. The zero-order valence-electron chi connectivity index (χ0n) is 12.3. The average molecular weight is 310 g/mol. The Morgan fingerprint density at radius 2 is 2.19 bits per heavy atom. The highest BCUT2D eigenvalue weighted by molar-refractivity contribution is 6.31. The number of hydrogen-bond donors (Lipinski definition) is 2. The molecule has 0 aromatic heterocycles. The monoisotopic (exact) mass is 309 g/mol. The quantitative estimate of drug-likeness (QED) is 0.901. The summed E-state index contributed by atoms with van der Waals surface area (Å²) in [5.74, 6) is -0.0854. The minimum Gasteiger partial charge on any atom is -0.356 e. The van der Waals surface area contributed by atoms with Crippen LogP contribution in [0.15, 0.2) is 18.2 Å². The van der Waals surface area contributed by atoms with Gasteiger partial charge in [0.2, 0.25) is 5.91 Å². The second-order valence-corrected chi connectivity index (χ2v) is 5.63. The van der Waals surface area contributed by atoms with Gasteiger partial charge in [-0.1, -0.05) is 11.6 Å². The summed E-state index contributed by atoms with van der Waals surface area (Å²) in [5.41, 5.74) is 1.62. The van der Waals surface area contributed by atoms with E-state index in [1.807, 2.05) is 19.9 Å². The van der Waals surface area contributed by atoms with E-state index in [0.717, 1.165) is 5.56 Å². The predicted molar refractivity (Wildman–Crippen MR) is 83.6 cm³/mol. The topological polar surface area (TPSA) is 61.4 Å². The fourth-order valence-electron chi connectivity index (χ4n) is 2.40. The first kappa shape index (κ1) is 15.6. The lowest BCUT2D eigenvalue weighted by Gasteiger charge is -2.17. The lowest BCUT2D eigenvalue weighted by atomic mass is 10.1. The van der Waals surface area contributed by atoms with Gasteiger partial charge in [-0.05, 0) is 44.0 Å². The molecule has 5 nitrogen and oxygen atoms in total. The van der Waals surface area contributed by atoms with Gasteiger partial charge in [-0.15, -0.1) is 0 Å². The van der Waals surface area contributed by atoms with Gasteiger partial charge < -0.3 is 15.5 Å². The van der Waals surface area contributed by atoms with Crippen LogP contribution >= 0.6 is 11.6 Å². The van der Waals surface area contributed by atoms with Crippen molar-refractivity contribution < 1.29 is 9.59 Å². The number of urea groups is 1. The molecule has 1 unspecified atom stereocenters. The first-order valence-electron chi connectivity index (χ1n) is 7.11. The van der Waals surface area contributed by atoms with E-state index in [-0.39, 0.29) is 17.9 Å². The highest BCUT2D eigenvalue weighted by Gasteiger charge is 2.30. The van der Waals surface area contributed by atoms with Gasteiger partial charge in [0.25, 0.3) is 0 Å². The van der Waals surface area contributed by atoms with Crippen molar-refractivity contribution in [3.8, 4) is 0 Å². The molecule has 0 radical (unpaired) electrons. The molecular formula is C15H20ClN3O2. The van der Waals surface area contributed by atoms with Gasteiger partial charge in [0.15, 0.2) is 0 Å². The number of rotatable bonds is 3. The SMILES string of the molecule is CCNC(=O)C1CCN(C(=O)Nc2ccc(Cl)c(C)c2)C1. The minimum atomic E-state index is -0.177. The summed E-state index contributed by atoms with van der Waals surface area (Å²) in [7, 11) is 0. The molecule has 1 fully saturated rings. The summed E-state index contributed by atoms with van der Waals surface area (Å²) in [6.45, 7) is 5.45. The zero-order chi connectivity index (χ0) is 15.4. The van der Waals surface area contributed by atoms with Crippen LogP contribution in [0.4, 0.5) is 10.5 Å². The number of amides is 3. The van der Waals surface area contributed by atoms with E-state index in [2.05, 4.69) is 10.6 Å². The third-order valence-electron chi connectivity index (χ3n) is 3.61. The molecule has 1 heterocycles. The Labute approximate surface area is 129 Å². The molecule has 1 aliphatic rings. The maximum Gasteiger partial charge on any atom is 0.321 e. The maximum atomic E-state index is 12.2. The van der Waals surface area contributed by atoms with Crippen LogP contribution in [0.2, 0.25) is 5.02 Å². The largest absolute Gasteiger partial charge is 0.356 e. The van der Waals surface area contributed by atoms with Gasteiger partial charge in [-0.2, -0.15) is 0 Å². The van der Waals surface area contributed by atoms with Crippen molar-refractivity contribution in [2.45, 2.75) is 20.3 Å². The van der Waals surface area contributed by atoms with Crippen LogP contribution in [-0.4, -0.2) is 36.5 Å². The van der Waals surface area contributed by atoms with E-state index < -0.39 is 0 Å². The van der Waals surface area contributed by atoms with Crippen LogP contribution in [0.1, 0.15) is 18.9 Å². The van der Waals surface area contributed by atoms with Crippen LogP contribution in [0.25, 0.3) is 0 Å². The Morgan fingerprint density at radius 3 is 2.86 bits per heavy atom. The Bertz CT molecular complexity index is 548. The van der Waals surface area contributed by atoms with Crippen molar-refractivity contribution in [3.63, 3.8) is 0 Å². The van der Waals surface area contributed by atoms with Crippen molar-refractivity contribution in [1.29, 1.82) is 0 Å². The molecule has 0 aliphatic carbocycles. The van der Waals surface area contributed by atoms with Crippen molar-refractivity contribution in [3.05, 3.63) is 28.8 Å². The van der Waals surface area contributed by atoms with Crippen LogP contribution in [0, 0.1) is 12.8 Å². The lowest BCUT2D eigenvalue weighted by molar-refractivity contribution is -0.124. The number of nitrogens with zero attached hydrogens (tertiary/aromatic N) is 1. The molecular weight excluding hydrogens is 290 g/mol. The fourth-order valence-corrected chi connectivity index (χ4v) is 2.52. The summed E-state index contributed by atoms with van der Waals surface area (Å²) in [6, 6.07) is 5.18. The number of carbonyl (C=O) groups excluding carboxylic acids is 2. The molecule has 1 aromatic carbocycles. The minimum absolute atomic E-state index is 0.0233. The lowest BCUT2D eigenvalue weighted by Crippen LogP contribution is -2.36. The second-order valence-electron chi connectivity index (χ2n) is 5.22. The zero-order valence-corrected chi connectivity index (χ0v) is 13.0. The smallest absolute Gasteiger partial charge is 0.321 e. The highest BCUT2D eigenvalue weighted by Crippen LogP contribution is 2.21. The van der Waals surface area contributed by atoms with Crippen LogP contribution in [0.5, 0.6) is 0 Å². The number of benzene rings is 1. The first-order valence-corrected chi connectivity index (χ1v) is 7.49. The Kier molecular flexibility index (Phi) is 5.07. The summed E-state index contributed by atoms with van der Waals surface area (Å²) in [5, 5.41) is 6.31. The Hall–Kier alpha value is -1.75. The van der Waals surface area contributed by atoms with E-state index in [0.29, 0.717) is 36.8 Å². The summed E-state index contributed by atoms with van der Waals surface area (Å²) in [6.07, 6.45) is 0.707. The average Bonchev–Trinajstić information content (AvgIpc) is 2.93. The molecule has 2 rings (SSSR count). The van der Waals surface area contributed by atoms with Gasteiger partial charge in [-0.3, -0.25) is 4.79 Å². The van der Waals surface area contributed by atoms with E-state index in [4.69, 9.17) is 11.6 Å². The van der Waals surface area contributed by atoms with Crippen molar-refractivity contribution in [1.82, 2.24) is 10.2 Å². The molecule has 3 amide bonds. The number of halogens is 1. The molecule has 1 atom stereocenters. The summed E-state index contributed by atoms with van der Waals surface area (Å²) < 4.78 is 0. The molecule has 0 bridgehead atoms. The maximum absolute atomic E-state index is 12.2. The van der Waals surface area contributed by atoms with E-state index in [1.54, 1.807) is 17.0 Å². The van der Waals surface area contributed by atoms with E-state index >= 15 is 0 Å². The molecule has 2 N–H and O–H groups in total. The molecule has 114 valence electrons. The highest BCUT2D eigenvalue weighted by atomic mass is 35.5. The van der Waals surface area contributed by atoms with Crippen molar-refractivity contribution in [2.24, 2.45) is 5.92 Å². The third kappa shape index (κ3) is 3.88.